The predicted octanol–water partition coefficient (Wildman–Crippen LogP) is 12.6. The Hall–Kier alpha value is -6.19. The van der Waals surface area contributed by atoms with Gasteiger partial charge in [0.25, 0.3) is 0 Å². The van der Waals surface area contributed by atoms with Crippen LogP contribution < -0.4 is 0 Å². The number of nitrogens with zero attached hydrogens (tertiary/aromatic N) is 3. The topological polar surface area (TPSA) is 22.8 Å². The normalized spacial score (nSPS) is 11.6. The summed E-state index contributed by atoms with van der Waals surface area (Å²) in [6.45, 7) is 6.23. The van der Waals surface area contributed by atoms with Gasteiger partial charge in [-0.3, -0.25) is 4.57 Å². The fraction of sp³-hybridized carbons (Fsp3) is 0.0652. The first-order chi connectivity index (χ1) is 24.3. The number of imidazole rings is 1. The minimum Gasteiger partial charge on any atom is -0.309 e. The van der Waals surface area contributed by atoms with Crippen LogP contribution in [0.25, 0.3) is 87.9 Å². The number of benzene rings is 8. The van der Waals surface area contributed by atoms with E-state index < -0.39 is 0 Å². The minimum absolute atomic E-state index is 0.935. The van der Waals surface area contributed by atoms with E-state index in [2.05, 4.69) is 174 Å². The summed E-state index contributed by atoms with van der Waals surface area (Å²) in [5.74, 6) is 0.935. The molecule has 0 spiro atoms. The van der Waals surface area contributed by atoms with Crippen molar-refractivity contribution in [2.24, 2.45) is 0 Å². The lowest BCUT2D eigenvalue weighted by molar-refractivity contribution is 1.10. The Balaban J connectivity index is 0.00000160. The number of aromatic nitrogens is 3. The molecule has 0 radical (unpaired) electrons. The number of hydrogen-bond acceptors (Lipinski definition) is 1. The second kappa shape index (κ2) is 11.5. The number of hydrogen-bond donors (Lipinski definition) is 0. The predicted molar refractivity (Wildman–Crippen MR) is 209 cm³/mol. The van der Waals surface area contributed by atoms with Crippen LogP contribution in [0.15, 0.2) is 158 Å². The zero-order chi connectivity index (χ0) is 33.1. The van der Waals surface area contributed by atoms with Crippen molar-refractivity contribution in [3.63, 3.8) is 0 Å². The second-order valence-corrected chi connectivity index (χ2v) is 12.4. The molecule has 8 aromatic carbocycles. The van der Waals surface area contributed by atoms with E-state index in [-0.39, 0.29) is 0 Å². The molecule has 0 atom stereocenters. The van der Waals surface area contributed by atoms with Crippen LogP contribution in [0, 0.1) is 6.92 Å². The molecule has 0 bridgehead atoms. The molecule has 3 nitrogen and oxygen atoms in total. The summed E-state index contributed by atoms with van der Waals surface area (Å²) >= 11 is 0. The van der Waals surface area contributed by atoms with E-state index in [1.807, 2.05) is 13.8 Å². The smallest absolute Gasteiger partial charge is 0.145 e. The summed E-state index contributed by atoms with van der Waals surface area (Å²) in [5, 5.41) is 10.3. The Bertz CT molecular complexity index is 2800. The number of aryl methyl sites for hydroxylation is 1. The van der Waals surface area contributed by atoms with E-state index >= 15 is 0 Å². The molecule has 0 saturated carbocycles. The van der Waals surface area contributed by atoms with Crippen LogP contribution in [-0.2, 0) is 0 Å². The van der Waals surface area contributed by atoms with Gasteiger partial charge in [-0.2, -0.15) is 0 Å². The molecule has 10 aromatic rings. The quantitative estimate of drug-likeness (QED) is 0.178. The number of fused-ring (bicyclic) bond motifs is 11. The Morgan fingerprint density at radius 1 is 0.408 bits per heavy atom. The average molecular weight is 630 g/mol. The maximum atomic E-state index is 5.12. The molecule has 2 heterocycles. The fourth-order valence-corrected chi connectivity index (χ4v) is 7.81. The minimum atomic E-state index is 0.935. The third-order valence-corrected chi connectivity index (χ3v) is 9.83. The Kier molecular flexibility index (Phi) is 6.80. The Morgan fingerprint density at radius 2 is 0.959 bits per heavy atom. The van der Waals surface area contributed by atoms with Crippen LogP contribution in [-0.4, -0.2) is 14.1 Å². The molecule has 0 unspecified atom stereocenters. The lowest BCUT2D eigenvalue weighted by Gasteiger charge is -2.15. The van der Waals surface area contributed by atoms with Crippen molar-refractivity contribution < 1.29 is 0 Å². The number of para-hydroxylation sites is 3. The maximum absolute atomic E-state index is 5.12. The highest BCUT2D eigenvalue weighted by Crippen LogP contribution is 2.44. The lowest BCUT2D eigenvalue weighted by Crippen LogP contribution is -1.98. The zero-order valence-electron chi connectivity index (χ0n) is 27.9. The average Bonchev–Trinajstić information content (AvgIpc) is 3.73. The first-order valence-corrected chi connectivity index (χ1v) is 17.2. The van der Waals surface area contributed by atoms with Gasteiger partial charge in [-0.1, -0.05) is 117 Å². The number of rotatable bonds is 3. The van der Waals surface area contributed by atoms with E-state index in [1.54, 1.807) is 0 Å². The van der Waals surface area contributed by atoms with Crippen molar-refractivity contribution in [1.29, 1.82) is 0 Å². The van der Waals surface area contributed by atoms with Gasteiger partial charge in [0.1, 0.15) is 5.82 Å². The van der Waals surface area contributed by atoms with Crippen LogP contribution in [0.4, 0.5) is 0 Å². The van der Waals surface area contributed by atoms with E-state index in [1.165, 1.54) is 59.7 Å². The second-order valence-electron chi connectivity index (χ2n) is 12.4. The van der Waals surface area contributed by atoms with Crippen LogP contribution in [0.5, 0.6) is 0 Å². The van der Waals surface area contributed by atoms with Gasteiger partial charge >= 0.3 is 0 Å². The summed E-state index contributed by atoms with van der Waals surface area (Å²) in [7, 11) is 0. The zero-order valence-corrected chi connectivity index (χ0v) is 27.9. The molecule has 0 aliphatic rings. The van der Waals surface area contributed by atoms with Crippen molar-refractivity contribution in [1.82, 2.24) is 14.1 Å². The standard InChI is InChI=1S/C44H29N3.C2H6/c1-28-12-11-21-40-41(28)37-27-26-36-34-17-6-5-15-32(34)33-16-7-8-18-35(33)42(36)43(37)46(40)31-24-22-29(23-25-31)44-45-38-19-9-10-20-39(38)47(44)30-13-3-2-4-14-30;1-2/h2-27H,1H3;1-2H3. The molecule has 0 saturated heterocycles. The lowest BCUT2D eigenvalue weighted by atomic mass is 9.92. The van der Waals surface area contributed by atoms with Crippen molar-refractivity contribution in [3.05, 3.63) is 163 Å². The van der Waals surface area contributed by atoms with E-state index in [9.17, 15) is 0 Å². The third kappa shape index (κ3) is 4.32. The molecule has 10 rings (SSSR count). The van der Waals surface area contributed by atoms with Crippen molar-refractivity contribution >= 4 is 65.2 Å². The van der Waals surface area contributed by atoms with Gasteiger partial charge in [-0.15, -0.1) is 0 Å². The van der Waals surface area contributed by atoms with Crippen molar-refractivity contribution in [2.45, 2.75) is 20.8 Å². The fourth-order valence-electron chi connectivity index (χ4n) is 7.81. The Morgan fingerprint density at radius 3 is 1.69 bits per heavy atom. The molecule has 0 amide bonds. The van der Waals surface area contributed by atoms with Gasteiger partial charge in [-0.25, -0.2) is 4.98 Å². The van der Waals surface area contributed by atoms with Gasteiger partial charge in [0, 0.05) is 33.1 Å². The molecule has 49 heavy (non-hydrogen) atoms. The molecule has 2 aromatic heterocycles. The first kappa shape index (κ1) is 29.0. The van der Waals surface area contributed by atoms with Crippen LogP contribution in [0.3, 0.4) is 0 Å². The third-order valence-electron chi connectivity index (χ3n) is 9.83. The van der Waals surface area contributed by atoms with Gasteiger partial charge in [0.2, 0.25) is 0 Å². The summed E-state index contributed by atoms with van der Waals surface area (Å²) in [6.07, 6.45) is 0. The molecule has 0 fully saturated rings. The molecular weight excluding hydrogens is 595 g/mol. The van der Waals surface area contributed by atoms with Crippen LogP contribution in [0.2, 0.25) is 0 Å². The highest BCUT2D eigenvalue weighted by molar-refractivity contribution is 6.33. The van der Waals surface area contributed by atoms with Crippen LogP contribution in [0.1, 0.15) is 19.4 Å². The highest BCUT2D eigenvalue weighted by atomic mass is 15.1. The SMILES string of the molecule is CC.Cc1cccc2c1c1ccc3c4ccccc4c4ccccc4c3c1n2-c1ccc(-c2nc3ccccc3n2-c2ccccc2)cc1. The highest BCUT2D eigenvalue weighted by Gasteiger charge is 2.20. The maximum Gasteiger partial charge on any atom is 0.145 e. The summed E-state index contributed by atoms with van der Waals surface area (Å²) in [4.78, 5) is 5.12. The van der Waals surface area contributed by atoms with E-state index in [0.717, 1.165) is 33.8 Å². The van der Waals surface area contributed by atoms with Crippen molar-refractivity contribution in [3.8, 4) is 22.8 Å². The van der Waals surface area contributed by atoms with Crippen molar-refractivity contribution in [2.75, 3.05) is 0 Å². The summed E-state index contributed by atoms with van der Waals surface area (Å²) < 4.78 is 4.74. The molecule has 234 valence electrons. The first-order valence-electron chi connectivity index (χ1n) is 17.2. The summed E-state index contributed by atoms with van der Waals surface area (Å²) in [5.41, 5.74) is 9.14. The van der Waals surface area contributed by atoms with Gasteiger partial charge in [0.15, 0.2) is 0 Å². The van der Waals surface area contributed by atoms with E-state index in [0.29, 0.717) is 0 Å². The largest absolute Gasteiger partial charge is 0.309 e. The van der Waals surface area contributed by atoms with Crippen LogP contribution >= 0.6 is 0 Å². The van der Waals surface area contributed by atoms with Gasteiger partial charge in [-0.05, 0) is 94.0 Å². The van der Waals surface area contributed by atoms with Gasteiger partial charge in [0.05, 0.1) is 22.1 Å². The molecule has 0 aliphatic carbocycles. The Labute approximate surface area is 285 Å². The monoisotopic (exact) mass is 629 g/mol. The summed E-state index contributed by atoms with van der Waals surface area (Å²) in [6, 6.07) is 56.9. The molecular formula is C46H35N3. The molecule has 0 N–H and O–H groups in total. The molecule has 0 aliphatic heterocycles. The molecule has 3 heteroatoms. The van der Waals surface area contributed by atoms with Gasteiger partial charge < -0.3 is 4.57 Å². The van der Waals surface area contributed by atoms with E-state index in [4.69, 9.17) is 4.98 Å².